The Morgan fingerprint density at radius 1 is 0.667 bits per heavy atom. The third-order valence-electron chi connectivity index (χ3n) is 2.51. The molecule has 1 radical (unpaired) electrons. The topological polar surface area (TPSA) is 34.1 Å². The molecule has 0 fully saturated rings. The van der Waals surface area contributed by atoms with Crippen LogP contribution in [0.1, 0.15) is 27.1 Å². The first-order valence-corrected chi connectivity index (χ1v) is 5.44. The fraction of sp³-hybridized carbons (Fsp3) is 0.0667. The van der Waals surface area contributed by atoms with Gasteiger partial charge in [0.25, 0.3) is 0 Å². The Bertz CT molecular complexity index is 471. The molecular weight excluding hydrogens is 276 g/mol. The molecular formula is C15H12CuO2. The third-order valence-corrected chi connectivity index (χ3v) is 2.51. The molecule has 0 spiro atoms. The molecule has 0 N–H and O–H groups in total. The van der Waals surface area contributed by atoms with Crippen LogP contribution in [-0.4, -0.2) is 11.6 Å². The summed E-state index contributed by atoms with van der Waals surface area (Å²) in [4.78, 5) is 23.6. The Morgan fingerprint density at radius 2 is 1.00 bits per heavy atom. The average Bonchev–Trinajstić information content (AvgIpc) is 2.40. The van der Waals surface area contributed by atoms with Crippen molar-refractivity contribution in [2.45, 2.75) is 6.42 Å². The van der Waals surface area contributed by atoms with Crippen molar-refractivity contribution >= 4 is 11.6 Å². The zero-order valence-electron chi connectivity index (χ0n) is 9.60. The standard InChI is InChI=1S/C15H12O2.Cu/c16-14(12-7-3-1-4-8-12)11-15(17)13-9-5-2-6-10-13;/h1-10H,11H2;. The molecule has 0 atom stereocenters. The first-order chi connectivity index (χ1) is 8.27. The van der Waals surface area contributed by atoms with E-state index in [0.29, 0.717) is 11.1 Å². The maximum atomic E-state index is 11.8. The molecule has 0 aliphatic rings. The second kappa shape index (κ2) is 6.90. The Balaban J connectivity index is 0.00000162. The molecule has 0 aliphatic carbocycles. The SMILES string of the molecule is O=C(CC(=O)c1ccccc1)c1ccccc1.[Cu]. The summed E-state index contributed by atoms with van der Waals surface area (Å²) in [6, 6.07) is 17.7. The number of carbonyl (C=O) groups is 2. The van der Waals surface area contributed by atoms with Crippen molar-refractivity contribution in [2.75, 3.05) is 0 Å². The Kier molecular flexibility index (Phi) is 5.50. The largest absolute Gasteiger partial charge is 0.294 e. The number of hydrogen-bond donors (Lipinski definition) is 0. The fourth-order valence-electron chi connectivity index (χ4n) is 1.60. The molecule has 18 heavy (non-hydrogen) atoms. The molecule has 95 valence electrons. The van der Waals surface area contributed by atoms with Crippen LogP contribution >= 0.6 is 0 Å². The normalized spacial score (nSPS) is 9.33. The third kappa shape index (κ3) is 3.66. The number of benzene rings is 2. The zero-order chi connectivity index (χ0) is 12.1. The molecule has 2 aromatic rings. The van der Waals surface area contributed by atoms with Crippen LogP contribution in [0.15, 0.2) is 60.7 Å². The maximum absolute atomic E-state index is 11.8. The van der Waals surface area contributed by atoms with E-state index in [0.717, 1.165) is 0 Å². The number of Topliss-reactive ketones (excluding diaryl/α,β-unsaturated/α-hetero) is 2. The molecule has 0 aromatic heterocycles. The van der Waals surface area contributed by atoms with Gasteiger partial charge in [0.05, 0.1) is 6.42 Å². The van der Waals surface area contributed by atoms with Gasteiger partial charge in [-0.2, -0.15) is 0 Å². The minimum Gasteiger partial charge on any atom is -0.294 e. The summed E-state index contributed by atoms with van der Waals surface area (Å²) in [5.41, 5.74) is 1.16. The Hall–Kier alpha value is -1.70. The number of rotatable bonds is 4. The number of hydrogen-bond acceptors (Lipinski definition) is 2. The first-order valence-electron chi connectivity index (χ1n) is 5.44. The van der Waals surface area contributed by atoms with Crippen molar-refractivity contribution in [1.29, 1.82) is 0 Å². The molecule has 0 heterocycles. The van der Waals surface area contributed by atoms with Gasteiger partial charge in [0.1, 0.15) is 0 Å². The predicted octanol–water partition coefficient (Wildman–Crippen LogP) is 3.14. The Morgan fingerprint density at radius 3 is 1.33 bits per heavy atom. The minimum absolute atomic E-state index is 0. The summed E-state index contributed by atoms with van der Waals surface area (Å²) >= 11 is 0. The van der Waals surface area contributed by atoms with Crippen LogP contribution in [0.3, 0.4) is 0 Å². The molecule has 0 bridgehead atoms. The molecule has 2 nitrogen and oxygen atoms in total. The van der Waals surface area contributed by atoms with Crippen molar-refractivity contribution in [2.24, 2.45) is 0 Å². The van der Waals surface area contributed by atoms with Gasteiger partial charge in [-0.15, -0.1) is 0 Å². The van der Waals surface area contributed by atoms with E-state index < -0.39 is 0 Å². The first kappa shape index (κ1) is 14.4. The van der Waals surface area contributed by atoms with Crippen LogP contribution in [-0.2, 0) is 17.1 Å². The summed E-state index contributed by atoms with van der Waals surface area (Å²) in [7, 11) is 0. The van der Waals surface area contributed by atoms with Gasteiger partial charge < -0.3 is 0 Å². The van der Waals surface area contributed by atoms with Gasteiger partial charge in [-0.1, -0.05) is 60.7 Å². The van der Waals surface area contributed by atoms with Gasteiger partial charge in [0.2, 0.25) is 0 Å². The molecule has 0 saturated carbocycles. The van der Waals surface area contributed by atoms with Crippen LogP contribution in [0.25, 0.3) is 0 Å². The zero-order valence-corrected chi connectivity index (χ0v) is 10.5. The summed E-state index contributed by atoms with van der Waals surface area (Å²) in [5.74, 6) is -0.279. The van der Waals surface area contributed by atoms with E-state index in [1.807, 2.05) is 12.1 Å². The van der Waals surface area contributed by atoms with Crippen LogP contribution in [0, 0.1) is 0 Å². The molecule has 0 unspecified atom stereocenters. The van der Waals surface area contributed by atoms with Crippen LogP contribution in [0.2, 0.25) is 0 Å². The predicted molar refractivity (Wildman–Crippen MR) is 66.2 cm³/mol. The molecule has 0 aliphatic heterocycles. The van der Waals surface area contributed by atoms with Crippen LogP contribution in [0.5, 0.6) is 0 Å². The molecule has 0 saturated heterocycles. The Labute approximate surface area is 117 Å². The smallest absolute Gasteiger partial charge is 0.170 e. The van der Waals surface area contributed by atoms with E-state index in [1.54, 1.807) is 48.5 Å². The summed E-state index contributed by atoms with van der Waals surface area (Å²) < 4.78 is 0. The van der Waals surface area contributed by atoms with Gasteiger partial charge in [0.15, 0.2) is 11.6 Å². The molecule has 2 aromatic carbocycles. The van der Waals surface area contributed by atoms with Crippen molar-refractivity contribution in [3.63, 3.8) is 0 Å². The van der Waals surface area contributed by atoms with Gasteiger partial charge in [-0.05, 0) is 0 Å². The van der Waals surface area contributed by atoms with Gasteiger partial charge >= 0.3 is 0 Å². The number of ketones is 2. The average molecular weight is 288 g/mol. The van der Waals surface area contributed by atoms with Gasteiger partial charge in [0, 0.05) is 28.2 Å². The fourth-order valence-corrected chi connectivity index (χ4v) is 1.60. The van der Waals surface area contributed by atoms with E-state index in [4.69, 9.17) is 0 Å². The van der Waals surface area contributed by atoms with Gasteiger partial charge in [-0.3, -0.25) is 9.59 Å². The summed E-state index contributed by atoms with van der Waals surface area (Å²) in [6.45, 7) is 0. The van der Waals surface area contributed by atoms with Crippen molar-refractivity contribution < 1.29 is 26.7 Å². The van der Waals surface area contributed by atoms with E-state index in [1.165, 1.54) is 0 Å². The monoisotopic (exact) mass is 287 g/mol. The van der Waals surface area contributed by atoms with E-state index >= 15 is 0 Å². The summed E-state index contributed by atoms with van der Waals surface area (Å²) in [5, 5.41) is 0. The van der Waals surface area contributed by atoms with Crippen LogP contribution < -0.4 is 0 Å². The van der Waals surface area contributed by atoms with Crippen molar-refractivity contribution in [3.05, 3.63) is 71.8 Å². The van der Waals surface area contributed by atoms with E-state index in [-0.39, 0.29) is 35.1 Å². The van der Waals surface area contributed by atoms with Crippen molar-refractivity contribution in [3.8, 4) is 0 Å². The van der Waals surface area contributed by atoms with E-state index in [2.05, 4.69) is 0 Å². The minimum atomic E-state index is -0.139. The van der Waals surface area contributed by atoms with Crippen LogP contribution in [0.4, 0.5) is 0 Å². The van der Waals surface area contributed by atoms with Crippen molar-refractivity contribution in [1.82, 2.24) is 0 Å². The second-order valence-electron chi connectivity index (χ2n) is 3.76. The van der Waals surface area contributed by atoms with E-state index in [9.17, 15) is 9.59 Å². The molecule has 0 amide bonds. The quantitative estimate of drug-likeness (QED) is 0.492. The molecule has 2 rings (SSSR count). The second-order valence-corrected chi connectivity index (χ2v) is 3.76. The molecule has 3 heteroatoms. The summed E-state index contributed by atoms with van der Waals surface area (Å²) in [6.07, 6.45) is -0.0754. The maximum Gasteiger partial charge on any atom is 0.170 e. The number of carbonyl (C=O) groups excluding carboxylic acids is 2. The van der Waals surface area contributed by atoms with Gasteiger partial charge in [-0.25, -0.2) is 0 Å².